The molecule has 0 heterocycles. The Morgan fingerprint density at radius 3 is 1.33 bits per heavy atom. The molecule has 3 atom stereocenters. The molecular weight excluding hydrogens is 709 g/mol. The zero-order valence-corrected chi connectivity index (χ0v) is 38.0. The lowest BCUT2D eigenvalue weighted by atomic mass is 10.0. The predicted molar refractivity (Wildman–Crippen MR) is 232 cm³/mol. The van der Waals surface area contributed by atoms with Crippen LogP contribution < -0.4 is 0 Å². The SMILES string of the molecule is CCCCCCCC/C=C\CCCCCCCC(=O)O[C@H](COC(=O)CCCCCCCCCCCCCCCCC)COP(=O)(O)C(CCC)[N+](C)(C)C. The highest BCUT2D eigenvalue weighted by Crippen LogP contribution is 2.52. The van der Waals surface area contributed by atoms with Crippen LogP contribution in [0.2, 0.25) is 0 Å². The number of esters is 2. The van der Waals surface area contributed by atoms with Gasteiger partial charge in [-0.25, -0.2) is 0 Å². The second-order valence-corrected chi connectivity index (χ2v) is 19.1. The van der Waals surface area contributed by atoms with E-state index in [0.29, 0.717) is 12.8 Å². The number of carbonyl (C=O) groups excluding carboxylic acids is 2. The number of hydrogen-bond donors (Lipinski definition) is 1. The van der Waals surface area contributed by atoms with Gasteiger partial charge in [-0.15, -0.1) is 0 Å². The third-order valence-electron chi connectivity index (χ3n) is 10.6. The lowest BCUT2D eigenvalue weighted by Gasteiger charge is -2.36. The highest BCUT2D eigenvalue weighted by molar-refractivity contribution is 7.53. The van der Waals surface area contributed by atoms with E-state index < -0.39 is 25.5 Å². The monoisotopic (exact) mass is 801 g/mol. The Labute approximate surface area is 340 Å². The lowest BCUT2D eigenvalue weighted by molar-refractivity contribution is -0.883. The van der Waals surface area contributed by atoms with Crippen molar-refractivity contribution >= 4 is 19.5 Å². The molecule has 0 saturated heterocycles. The van der Waals surface area contributed by atoms with E-state index >= 15 is 0 Å². The summed E-state index contributed by atoms with van der Waals surface area (Å²) in [6.45, 7) is 6.02. The van der Waals surface area contributed by atoms with Crippen molar-refractivity contribution < 1.29 is 37.5 Å². The number of nitrogens with zero attached hydrogens (tertiary/aromatic N) is 1. The molecule has 0 rings (SSSR count). The van der Waals surface area contributed by atoms with Crippen molar-refractivity contribution in [3.05, 3.63) is 12.2 Å². The maximum atomic E-state index is 13.3. The lowest BCUT2D eigenvalue weighted by Crippen LogP contribution is -2.45. The van der Waals surface area contributed by atoms with Crippen molar-refractivity contribution in [3.63, 3.8) is 0 Å². The summed E-state index contributed by atoms with van der Waals surface area (Å²) in [4.78, 5) is 36.3. The number of rotatable bonds is 41. The molecule has 0 bridgehead atoms. The highest BCUT2D eigenvalue weighted by atomic mass is 31.2. The Bertz CT molecular complexity index is 966. The first-order valence-electron chi connectivity index (χ1n) is 23.3. The Morgan fingerprint density at radius 2 is 0.927 bits per heavy atom. The van der Waals surface area contributed by atoms with Gasteiger partial charge in [0.25, 0.3) is 0 Å². The van der Waals surface area contributed by atoms with Gasteiger partial charge in [0, 0.05) is 19.3 Å². The molecule has 0 amide bonds. The van der Waals surface area contributed by atoms with E-state index in [1.165, 1.54) is 122 Å². The fraction of sp³-hybridized carbons (Fsp3) is 0.913. The third-order valence-corrected chi connectivity index (χ3v) is 12.8. The van der Waals surface area contributed by atoms with Crippen molar-refractivity contribution in [2.45, 2.75) is 238 Å². The molecule has 8 nitrogen and oxygen atoms in total. The average Bonchev–Trinajstić information content (AvgIpc) is 3.14. The molecule has 0 saturated carbocycles. The van der Waals surface area contributed by atoms with Gasteiger partial charge in [-0.05, 0) is 44.9 Å². The van der Waals surface area contributed by atoms with E-state index in [-0.39, 0.29) is 30.1 Å². The minimum atomic E-state index is -4.05. The molecule has 0 radical (unpaired) electrons. The maximum Gasteiger partial charge on any atom is 0.385 e. The molecular formula is C46H91NO7P+. The Balaban J connectivity index is 4.51. The van der Waals surface area contributed by atoms with Gasteiger partial charge >= 0.3 is 19.5 Å². The predicted octanol–water partition coefficient (Wildman–Crippen LogP) is 13.8. The summed E-state index contributed by atoms with van der Waals surface area (Å²) in [5.41, 5.74) is 0. The minimum absolute atomic E-state index is 0.182. The minimum Gasteiger partial charge on any atom is -0.462 e. The van der Waals surface area contributed by atoms with Gasteiger partial charge in [0.05, 0.1) is 27.7 Å². The largest absolute Gasteiger partial charge is 0.462 e. The summed E-state index contributed by atoms with van der Waals surface area (Å²) >= 11 is 0. The van der Waals surface area contributed by atoms with E-state index in [4.69, 9.17) is 14.0 Å². The van der Waals surface area contributed by atoms with Crippen LogP contribution in [0.25, 0.3) is 0 Å². The normalized spacial score (nSPS) is 14.2. The van der Waals surface area contributed by atoms with E-state index in [1.807, 2.05) is 28.1 Å². The van der Waals surface area contributed by atoms with Gasteiger partial charge in [0.2, 0.25) is 0 Å². The van der Waals surface area contributed by atoms with Crippen LogP contribution in [0.15, 0.2) is 12.2 Å². The summed E-state index contributed by atoms with van der Waals surface area (Å²) < 4.78 is 30.4. The molecule has 9 heteroatoms. The third kappa shape index (κ3) is 34.5. The average molecular weight is 801 g/mol. The molecule has 0 aliphatic carbocycles. The summed E-state index contributed by atoms with van der Waals surface area (Å²) in [6.07, 6.45) is 39.8. The first-order valence-corrected chi connectivity index (χ1v) is 24.9. The zero-order chi connectivity index (χ0) is 40.9. The summed E-state index contributed by atoms with van der Waals surface area (Å²) in [5, 5.41) is 0. The van der Waals surface area contributed by atoms with E-state index in [9.17, 15) is 19.0 Å². The van der Waals surface area contributed by atoms with Gasteiger partial charge in [-0.3, -0.25) is 14.2 Å². The molecule has 0 aromatic heterocycles. The summed E-state index contributed by atoms with van der Waals surface area (Å²) in [6, 6.07) is 0. The Morgan fingerprint density at radius 1 is 0.545 bits per heavy atom. The van der Waals surface area contributed by atoms with Crippen LogP contribution in [-0.4, -0.2) is 67.6 Å². The van der Waals surface area contributed by atoms with Gasteiger partial charge in [0.1, 0.15) is 6.61 Å². The number of ether oxygens (including phenoxy) is 2. The van der Waals surface area contributed by atoms with E-state index in [2.05, 4.69) is 26.0 Å². The standard InChI is InChI=1S/C46H90NO7P/c1-7-10-12-14-16-18-20-22-24-26-28-30-32-34-36-39-45(48)52-41-43(42-53-55(50,51)44(38-9-3)47(4,5)6)54-46(49)40-37-35-33-31-29-27-25-23-21-19-17-15-13-11-8-2/h23,25,43-44H,7-22,24,26-42H2,1-6H3/p+1/b25-23-/t43-,44?/m1/s1. The fourth-order valence-electron chi connectivity index (χ4n) is 7.12. The summed E-state index contributed by atoms with van der Waals surface area (Å²) in [5.74, 6) is -1.35. The first kappa shape index (κ1) is 53.8. The molecule has 0 aromatic carbocycles. The van der Waals surface area contributed by atoms with Gasteiger partial charge < -0.3 is 23.4 Å². The van der Waals surface area contributed by atoms with E-state index in [1.54, 1.807) is 0 Å². The first-order chi connectivity index (χ1) is 26.5. The highest BCUT2D eigenvalue weighted by Gasteiger charge is 2.42. The van der Waals surface area contributed by atoms with Crippen LogP contribution in [0.4, 0.5) is 0 Å². The molecule has 55 heavy (non-hydrogen) atoms. The van der Waals surface area contributed by atoms with Gasteiger partial charge in [0.15, 0.2) is 11.9 Å². The molecule has 326 valence electrons. The molecule has 0 spiro atoms. The van der Waals surface area contributed by atoms with Crippen molar-refractivity contribution in [2.75, 3.05) is 34.4 Å². The fourth-order valence-corrected chi connectivity index (χ4v) is 9.13. The topological polar surface area (TPSA) is 99.1 Å². The van der Waals surface area contributed by atoms with Crippen LogP contribution in [0.3, 0.4) is 0 Å². The van der Waals surface area contributed by atoms with Crippen molar-refractivity contribution in [3.8, 4) is 0 Å². The molecule has 0 fully saturated rings. The number of unbranched alkanes of at least 4 members (excludes halogenated alkanes) is 25. The smallest absolute Gasteiger partial charge is 0.385 e. The number of quaternary nitrogens is 1. The molecule has 2 unspecified atom stereocenters. The number of carbonyl (C=O) groups is 2. The van der Waals surface area contributed by atoms with Crippen LogP contribution in [0.1, 0.15) is 226 Å². The number of hydrogen-bond acceptors (Lipinski definition) is 6. The van der Waals surface area contributed by atoms with Gasteiger partial charge in [-0.2, -0.15) is 0 Å². The van der Waals surface area contributed by atoms with Crippen molar-refractivity contribution in [2.24, 2.45) is 0 Å². The quantitative estimate of drug-likeness (QED) is 0.0216. The number of allylic oxidation sites excluding steroid dienone is 2. The van der Waals surface area contributed by atoms with Crippen LogP contribution in [0, 0.1) is 0 Å². The van der Waals surface area contributed by atoms with Crippen LogP contribution >= 0.6 is 7.60 Å². The van der Waals surface area contributed by atoms with Crippen molar-refractivity contribution in [1.29, 1.82) is 0 Å². The maximum absolute atomic E-state index is 13.3. The molecule has 0 aliphatic heterocycles. The van der Waals surface area contributed by atoms with Gasteiger partial charge in [-0.1, -0.05) is 174 Å². The Kier molecular flexibility index (Phi) is 36.3. The van der Waals surface area contributed by atoms with E-state index in [0.717, 1.165) is 64.2 Å². The Hall–Kier alpha value is -1.21. The van der Waals surface area contributed by atoms with Crippen LogP contribution in [0.5, 0.6) is 0 Å². The molecule has 0 aromatic rings. The molecule has 1 N–H and O–H groups in total. The second-order valence-electron chi connectivity index (χ2n) is 17.1. The molecule has 0 aliphatic rings. The summed E-state index contributed by atoms with van der Waals surface area (Å²) in [7, 11) is 1.57. The van der Waals surface area contributed by atoms with Crippen molar-refractivity contribution in [1.82, 2.24) is 0 Å². The zero-order valence-electron chi connectivity index (χ0n) is 37.1. The second kappa shape index (κ2) is 37.1. The van der Waals surface area contributed by atoms with Crippen LogP contribution in [-0.2, 0) is 28.2 Å².